The van der Waals surface area contributed by atoms with Crippen LogP contribution >= 0.6 is 0 Å². The van der Waals surface area contributed by atoms with Gasteiger partial charge in [0.25, 0.3) is 0 Å². The highest BCUT2D eigenvalue weighted by Crippen LogP contribution is 2.43. The Balaban J connectivity index is 1.91. The fraction of sp³-hybridized carbons (Fsp3) is 1.00. The van der Waals surface area contributed by atoms with E-state index in [-0.39, 0.29) is 6.10 Å². The van der Waals surface area contributed by atoms with E-state index in [1.807, 2.05) is 0 Å². The fourth-order valence-electron chi connectivity index (χ4n) is 2.39. The van der Waals surface area contributed by atoms with E-state index >= 15 is 0 Å². The first kappa shape index (κ1) is 7.60. The summed E-state index contributed by atoms with van der Waals surface area (Å²) in [5, 5.41) is 9.76. The second kappa shape index (κ2) is 3.14. The average Bonchev–Trinajstić information content (AvgIpc) is 2.74. The van der Waals surface area contributed by atoms with Crippen molar-refractivity contribution in [3.63, 3.8) is 0 Å². The Labute approximate surface area is 68.8 Å². The van der Waals surface area contributed by atoms with Crippen LogP contribution in [0.3, 0.4) is 0 Å². The molecule has 2 fully saturated rings. The molecule has 0 spiro atoms. The molecule has 0 radical (unpaired) electrons. The lowest BCUT2D eigenvalue weighted by molar-refractivity contribution is 0.0889. The van der Waals surface area contributed by atoms with Crippen LogP contribution in [0.5, 0.6) is 0 Å². The Morgan fingerprint density at radius 1 is 0.818 bits per heavy atom. The van der Waals surface area contributed by atoms with Crippen LogP contribution in [-0.2, 0) is 0 Å². The first-order chi connectivity index (χ1) is 5.38. The molecule has 0 bridgehead atoms. The van der Waals surface area contributed by atoms with Crippen molar-refractivity contribution in [1.82, 2.24) is 0 Å². The van der Waals surface area contributed by atoms with E-state index in [0.717, 1.165) is 12.3 Å². The molecule has 2 aliphatic carbocycles. The van der Waals surface area contributed by atoms with Crippen LogP contribution < -0.4 is 0 Å². The smallest absolute Gasteiger partial charge is 0.0571 e. The van der Waals surface area contributed by atoms with Crippen molar-refractivity contribution in [2.75, 3.05) is 0 Å². The minimum Gasteiger partial charge on any atom is -0.393 e. The maximum atomic E-state index is 9.76. The van der Waals surface area contributed by atoms with Gasteiger partial charge in [-0.15, -0.1) is 0 Å². The zero-order valence-corrected chi connectivity index (χ0v) is 7.13. The van der Waals surface area contributed by atoms with Crippen LogP contribution in [0.1, 0.15) is 44.9 Å². The first-order valence-corrected chi connectivity index (χ1v) is 5.06. The van der Waals surface area contributed by atoms with Gasteiger partial charge in [-0.1, -0.05) is 19.3 Å². The third kappa shape index (κ3) is 1.76. The van der Waals surface area contributed by atoms with Gasteiger partial charge in [0.15, 0.2) is 0 Å². The number of aliphatic hydroxyl groups is 1. The highest BCUT2D eigenvalue weighted by atomic mass is 16.3. The molecule has 64 valence electrons. The van der Waals surface area contributed by atoms with Gasteiger partial charge in [-0.05, 0) is 37.5 Å². The molecular weight excluding hydrogens is 136 g/mol. The lowest BCUT2D eigenvalue weighted by atomic mass is 9.92. The van der Waals surface area contributed by atoms with Crippen LogP contribution in [0.15, 0.2) is 0 Å². The summed E-state index contributed by atoms with van der Waals surface area (Å²) < 4.78 is 0. The van der Waals surface area contributed by atoms with Crippen molar-refractivity contribution in [2.45, 2.75) is 51.0 Å². The molecule has 2 aliphatic rings. The van der Waals surface area contributed by atoms with Crippen molar-refractivity contribution >= 4 is 0 Å². The van der Waals surface area contributed by atoms with Gasteiger partial charge in [-0.2, -0.15) is 0 Å². The molecule has 0 unspecified atom stereocenters. The molecule has 0 aromatic rings. The molecule has 2 atom stereocenters. The molecule has 11 heavy (non-hydrogen) atoms. The largest absolute Gasteiger partial charge is 0.393 e. The molecule has 0 aliphatic heterocycles. The van der Waals surface area contributed by atoms with E-state index in [9.17, 15) is 5.11 Å². The van der Waals surface area contributed by atoms with Crippen LogP contribution in [-0.4, -0.2) is 11.2 Å². The predicted octanol–water partition coefficient (Wildman–Crippen LogP) is 2.34. The SMILES string of the molecule is O[C@@H]1CCCCC[C@H]1C1CC1. The summed E-state index contributed by atoms with van der Waals surface area (Å²) in [4.78, 5) is 0. The van der Waals surface area contributed by atoms with Gasteiger partial charge >= 0.3 is 0 Å². The second-order valence-corrected chi connectivity index (χ2v) is 4.21. The number of aliphatic hydroxyl groups excluding tert-OH is 1. The maximum absolute atomic E-state index is 9.76. The quantitative estimate of drug-likeness (QED) is 0.575. The minimum atomic E-state index is 0.0463. The summed E-state index contributed by atoms with van der Waals surface area (Å²) in [5.74, 6) is 1.58. The van der Waals surface area contributed by atoms with Crippen molar-refractivity contribution in [1.29, 1.82) is 0 Å². The van der Waals surface area contributed by atoms with Crippen LogP contribution in [0.4, 0.5) is 0 Å². The van der Waals surface area contributed by atoms with Gasteiger partial charge in [-0.3, -0.25) is 0 Å². The summed E-state index contributed by atoms with van der Waals surface area (Å²) in [6.07, 6.45) is 9.16. The molecule has 1 N–H and O–H groups in total. The normalized spacial score (nSPS) is 40.1. The molecular formula is C10H18O. The molecule has 0 aromatic carbocycles. The topological polar surface area (TPSA) is 20.2 Å². The number of hydrogen-bond donors (Lipinski definition) is 1. The molecule has 2 saturated carbocycles. The molecule has 2 rings (SSSR count). The average molecular weight is 154 g/mol. The summed E-state index contributed by atoms with van der Waals surface area (Å²) >= 11 is 0. The molecule has 1 nitrogen and oxygen atoms in total. The van der Waals surface area contributed by atoms with Gasteiger partial charge < -0.3 is 5.11 Å². The van der Waals surface area contributed by atoms with Gasteiger partial charge in [-0.25, -0.2) is 0 Å². The van der Waals surface area contributed by atoms with Crippen LogP contribution in [0.25, 0.3) is 0 Å². The second-order valence-electron chi connectivity index (χ2n) is 4.21. The van der Waals surface area contributed by atoms with E-state index in [2.05, 4.69) is 0 Å². The van der Waals surface area contributed by atoms with E-state index < -0.39 is 0 Å². The monoisotopic (exact) mass is 154 g/mol. The standard InChI is InChI=1S/C10H18O/c11-10-5-3-1-2-4-9(10)8-6-7-8/h8-11H,1-7H2/t9-,10+/m0/s1. The van der Waals surface area contributed by atoms with Gasteiger partial charge in [0.05, 0.1) is 6.10 Å². The lowest BCUT2D eigenvalue weighted by Crippen LogP contribution is -2.20. The van der Waals surface area contributed by atoms with Crippen molar-refractivity contribution in [2.24, 2.45) is 11.8 Å². The van der Waals surface area contributed by atoms with E-state index in [4.69, 9.17) is 0 Å². The Bertz CT molecular complexity index is 129. The van der Waals surface area contributed by atoms with Crippen molar-refractivity contribution in [3.8, 4) is 0 Å². The zero-order valence-electron chi connectivity index (χ0n) is 7.13. The van der Waals surface area contributed by atoms with E-state index in [1.54, 1.807) is 0 Å². The third-order valence-electron chi connectivity index (χ3n) is 3.26. The van der Waals surface area contributed by atoms with Crippen molar-refractivity contribution in [3.05, 3.63) is 0 Å². The first-order valence-electron chi connectivity index (χ1n) is 5.06. The van der Waals surface area contributed by atoms with Gasteiger partial charge in [0, 0.05) is 0 Å². The molecule has 0 heterocycles. The van der Waals surface area contributed by atoms with E-state index in [0.29, 0.717) is 5.92 Å². The molecule has 0 aromatic heterocycles. The fourth-order valence-corrected chi connectivity index (χ4v) is 2.39. The highest BCUT2D eigenvalue weighted by Gasteiger charge is 2.35. The highest BCUT2D eigenvalue weighted by molar-refractivity contribution is 4.86. The Hall–Kier alpha value is -0.0400. The van der Waals surface area contributed by atoms with Crippen LogP contribution in [0, 0.1) is 11.8 Å². The molecule has 0 amide bonds. The predicted molar refractivity (Wildman–Crippen MR) is 45.3 cm³/mol. The Kier molecular flexibility index (Phi) is 2.17. The minimum absolute atomic E-state index is 0.0463. The summed E-state index contributed by atoms with van der Waals surface area (Å²) in [7, 11) is 0. The molecule has 0 saturated heterocycles. The zero-order chi connectivity index (χ0) is 7.68. The Morgan fingerprint density at radius 2 is 1.55 bits per heavy atom. The molecule has 1 heteroatoms. The lowest BCUT2D eigenvalue weighted by Gasteiger charge is -2.19. The number of rotatable bonds is 1. The van der Waals surface area contributed by atoms with E-state index in [1.165, 1.54) is 38.5 Å². The summed E-state index contributed by atoms with van der Waals surface area (Å²) in [6.45, 7) is 0. The number of hydrogen-bond acceptors (Lipinski definition) is 1. The maximum Gasteiger partial charge on any atom is 0.0571 e. The van der Waals surface area contributed by atoms with Crippen LogP contribution in [0.2, 0.25) is 0 Å². The van der Waals surface area contributed by atoms with Gasteiger partial charge in [0.2, 0.25) is 0 Å². The van der Waals surface area contributed by atoms with Gasteiger partial charge in [0.1, 0.15) is 0 Å². The van der Waals surface area contributed by atoms with Crippen molar-refractivity contribution < 1.29 is 5.11 Å². The summed E-state index contributed by atoms with van der Waals surface area (Å²) in [6, 6.07) is 0. The Morgan fingerprint density at radius 3 is 2.27 bits per heavy atom. The third-order valence-corrected chi connectivity index (χ3v) is 3.26. The summed E-state index contributed by atoms with van der Waals surface area (Å²) in [5.41, 5.74) is 0.